The number of aromatic nitrogens is 3. The van der Waals surface area contributed by atoms with Gasteiger partial charge in [0.05, 0.1) is 16.4 Å². The second-order valence-corrected chi connectivity index (χ2v) is 5.81. The highest BCUT2D eigenvalue weighted by atomic mass is 32.1. The van der Waals surface area contributed by atoms with E-state index < -0.39 is 5.91 Å². The van der Waals surface area contributed by atoms with Crippen molar-refractivity contribution in [1.29, 1.82) is 0 Å². The molecule has 0 aromatic carbocycles. The zero-order valence-corrected chi connectivity index (χ0v) is 13.4. The van der Waals surface area contributed by atoms with Crippen molar-refractivity contribution in [2.45, 2.75) is 27.3 Å². The first-order valence-electron chi connectivity index (χ1n) is 6.64. The number of hydrogen-bond acceptors (Lipinski definition) is 5. The zero-order chi connectivity index (χ0) is 16.1. The average Bonchev–Trinajstić information content (AvgIpc) is 3.00. The lowest BCUT2D eigenvalue weighted by Gasteiger charge is -2.06. The maximum atomic E-state index is 11.7. The lowest BCUT2D eigenvalue weighted by molar-refractivity contribution is -0.127. The number of hydrazine groups is 1. The third-order valence-corrected chi connectivity index (χ3v) is 3.56. The fourth-order valence-corrected chi connectivity index (χ4v) is 2.38. The largest absolute Gasteiger partial charge is 0.271 e. The summed E-state index contributed by atoms with van der Waals surface area (Å²) in [6.07, 6.45) is 2.91. The van der Waals surface area contributed by atoms with Crippen LogP contribution in [0.4, 0.5) is 0 Å². The SMILES string of the molecule is Cc1cc(C)n(CC(=O)NNC(=O)/C=C/c2csc(C)n2)n1. The molecular formula is C14H17N5O2S. The van der Waals surface area contributed by atoms with E-state index in [0.717, 1.165) is 16.4 Å². The van der Waals surface area contributed by atoms with Crippen LogP contribution in [0.5, 0.6) is 0 Å². The monoisotopic (exact) mass is 319 g/mol. The molecule has 0 aliphatic rings. The van der Waals surface area contributed by atoms with E-state index >= 15 is 0 Å². The molecule has 0 bridgehead atoms. The summed E-state index contributed by atoms with van der Waals surface area (Å²) in [5, 5.41) is 6.95. The lowest BCUT2D eigenvalue weighted by atomic mass is 10.4. The van der Waals surface area contributed by atoms with Crippen LogP contribution >= 0.6 is 11.3 Å². The van der Waals surface area contributed by atoms with Crippen molar-refractivity contribution in [2.24, 2.45) is 0 Å². The number of amides is 2. The Kier molecular flexibility index (Phi) is 5.05. The van der Waals surface area contributed by atoms with Crippen LogP contribution in [0.2, 0.25) is 0 Å². The summed E-state index contributed by atoms with van der Waals surface area (Å²) in [4.78, 5) is 27.5. The van der Waals surface area contributed by atoms with Crippen molar-refractivity contribution in [3.05, 3.63) is 39.6 Å². The normalized spacial score (nSPS) is 10.9. The number of carbonyl (C=O) groups excluding carboxylic acids is 2. The first-order chi connectivity index (χ1) is 10.4. The second-order valence-electron chi connectivity index (χ2n) is 4.75. The Morgan fingerprint density at radius 1 is 1.32 bits per heavy atom. The number of nitrogens with zero attached hydrogens (tertiary/aromatic N) is 3. The number of aryl methyl sites for hydroxylation is 3. The molecule has 2 N–H and O–H groups in total. The van der Waals surface area contributed by atoms with Gasteiger partial charge in [0.15, 0.2) is 0 Å². The quantitative estimate of drug-likeness (QED) is 0.653. The average molecular weight is 319 g/mol. The van der Waals surface area contributed by atoms with Gasteiger partial charge in [-0.15, -0.1) is 11.3 Å². The van der Waals surface area contributed by atoms with Crippen LogP contribution in [0.3, 0.4) is 0 Å². The molecule has 0 fully saturated rings. The Morgan fingerprint density at radius 3 is 2.68 bits per heavy atom. The van der Waals surface area contributed by atoms with Crippen LogP contribution in [0.25, 0.3) is 6.08 Å². The van der Waals surface area contributed by atoms with Crippen LogP contribution in [0.15, 0.2) is 17.5 Å². The topological polar surface area (TPSA) is 88.9 Å². The predicted molar refractivity (Wildman–Crippen MR) is 83.9 cm³/mol. The van der Waals surface area contributed by atoms with Crippen molar-refractivity contribution in [2.75, 3.05) is 0 Å². The molecule has 116 valence electrons. The van der Waals surface area contributed by atoms with Crippen LogP contribution in [0.1, 0.15) is 22.1 Å². The molecule has 0 atom stereocenters. The van der Waals surface area contributed by atoms with Gasteiger partial charge in [-0.25, -0.2) is 4.98 Å². The molecule has 7 nitrogen and oxygen atoms in total. The molecular weight excluding hydrogens is 302 g/mol. The molecule has 2 aromatic heterocycles. The van der Waals surface area contributed by atoms with Gasteiger partial charge in [-0.05, 0) is 32.9 Å². The highest BCUT2D eigenvalue weighted by Gasteiger charge is 2.07. The van der Waals surface area contributed by atoms with Gasteiger partial charge in [0.25, 0.3) is 11.8 Å². The van der Waals surface area contributed by atoms with Crippen LogP contribution in [-0.4, -0.2) is 26.6 Å². The predicted octanol–water partition coefficient (Wildman–Crippen LogP) is 1.13. The van der Waals surface area contributed by atoms with Gasteiger partial charge in [0.1, 0.15) is 6.54 Å². The van der Waals surface area contributed by atoms with Crippen molar-refractivity contribution in [3.63, 3.8) is 0 Å². The van der Waals surface area contributed by atoms with Crippen molar-refractivity contribution >= 4 is 29.2 Å². The summed E-state index contributed by atoms with van der Waals surface area (Å²) in [6.45, 7) is 5.66. The molecule has 0 radical (unpaired) electrons. The summed E-state index contributed by atoms with van der Waals surface area (Å²) in [5.74, 6) is -0.773. The van der Waals surface area contributed by atoms with Crippen LogP contribution < -0.4 is 10.9 Å². The Balaban J connectivity index is 1.79. The first kappa shape index (κ1) is 15.9. The van der Waals surface area contributed by atoms with Crippen molar-refractivity contribution < 1.29 is 9.59 Å². The van der Waals surface area contributed by atoms with E-state index in [1.165, 1.54) is 17.4 Å². The molecule has 0 saturated carbocycles. The Bertz CT molecular complexity index is 717. The minimum absolute atomic E-state index is 0.0505. The van der Waals surface area contributed by atoms with E-state index in [2.05, 4.69) is 20.9 Å². The molecule has 0 unspecified atom stereocenters. The van der Waals surface area contributed by atoms with Gasteiger partial charge in [-0.3, -0.25) is 25.1 Å². The Morgan fingerprint density at radius 2 is 2.09 bits per heavy atom. The first-order valence-corrected chi connectivity index (χ1v) is 7.52. The summed E-state index contributed by atoms with van der Waals surface area (Å²) < 4.78 is 1.57. The third kappa shape index (κ3) is 4.52. The summed E-state index contributed by atoms with van der Waals surface area (Å²) in [5.41, 5.74) is 7.10. The highest BCUT2D eigenvalue weighted by Crippen LogP contribution is 2.08. The van der Waals surface area contributed by atoms with E-state index in [1.807, 2.05) is 32.2 Å². The van der Waals surface area contributed by atoms with Gasteiger partial charge in [0, 0.05) is 17.2 Å². The fourth-order valence-electron chi connectivity index (χ4n) is 1.80. The van der Waals surface area contributed by atoms with Crippen LogP contribution in [-0.2, 0) is 16.1 Å². The van der Waals surface area contributed by atoms with E-state index in [-0.39, 0.29) is 12.5 Å². The van der Waals surface area contributed by atoms with E-state index in [1.54, 1.807) is 10.8 Å². The smallest absolute Gasteiger partial charge is 0.262 e. The second kappa shape index (κ2) is 6.99. The summed E-state index contributed by atoms with van der Waals surface area (Å²) in [7, 11) is 0. The van der Waals surface area contributed by atoms with Gasteiger partial charge in [-0.1, -0.05) is 0 Å². The van der Waals surface area contributed by atoms with E-state index in [0.29, 0.717) is 5.69 Å². The minimum Gasteiger partial charge on any atom is -0.271 e. The van der Waals surface area contributed by atoms with Crippen LogP contribution in [0, 0.1) is 20.8 Å². The Hall–Kier alpha value is -2.48. The molecule has 0 aliphatic heterocycles. The molecule has 2 amide bonds. The van der Waals surface area contributed by atoms with Gasteiger partial charge >= 0.3 is 0 Å². The lowest BCUT2D eigenvalue weighted by Crippen LogP contribution is -2.42. The van der Waals surface area contributed by atoms with Gasteiger partial charge < -0.3 is 0 Å². The number of carbonyl (C=O) groups is 2. The third-order valence-electron chi connectivity index (χ3n) is 2.76. The molecule has 2 rings (SSSR count). The van der Waals surface area contributed by atoms with Crippen molar-refractivity contribution in [1.82, 2.24) is 25.6 Å². The molecule has 0 spiro atoms. The standard InChI is InChI=1S/C14H17N5O2S/c1-9-6-10(2)19(18-9)7-14(21)17-16-13(20)5-4-12-8-22-11(3)15-12/h4-6,8H,7H2,1-3H3,(H,16,20)(H,17,21)/b5-4+. The molecule has 0 saturated heterocycles. The Labute approximate surface area is 132 Å². The molecule has 0 aliphatic carbocycles. The van der Waals surface area contributed by atoms with Gasteiger partial charge in [-0.2, -0.15) is 5.10 Å². The highest BCUT2D eigenvalue weighted by molar-refractivity contribution is 7.09. The zero-order valence-electron chi connectivity index (χ0n) is 12.6. The summed E-state index contributed by atoms with van der Waals surface area (Å²) in [6, 6.07) is 1.88. The fraction of sp³-hybridized carbons (Fsp3) is 0.286. The molecule has 2 heterocycles. The maximum absolute atomic E-state index is 11.7. The van der Waals surface area contributed by atoms with Gasteiger partial charge in [0.2, 0.25) is 0 Å². The van der Waals surface area contributed by atoms with E-state index in [4.69, 9.17) is 0 Å². The molecule has 2 aromatic rings. The molecule has 8 heteroatoms. The van der Waals surface area contributed by atoms with Crippen molar-refractivity contribution in [3.8, 4) is 0 Å². The minimum atomic E-state index is -0.424. The summed E-state index contributed by atoms with van der Waals surface area (Å²) >= 11 is 1.51. The number of thiazole rings is 1. The molecule has 22 heavy (non-hydrogen) atoms. The van der Waals surface area contributed by atoms with E-state index in [9.17, 15) is 9.59 Å². The number of rotatable bonds is 4. The number of hydrogen-bond donors (Lipinski definition) is 2. The number of nitrogens with one attached hydrogen (secondary N) is 2. The maximum Gasteiger partial charge on any atom is 0.262 e.